The Bertz CT molecular complexity index is 503. The monoisotopic (exact) mass is 254 g/mol. The standard InChI is InChI=1S/C17H22N2/c1-14-5-7-15(8-6-14)9-10-19-13-17-4-2-3-16(11-17)12-18/h2-8,11,19H,9-10,12-13,18H2,1H3. The van der Waals surface area contributed by atoms with Crippen molar-refractivity contribution in [1.29, 1.82) is 0 Å². The average Bonchev–Trinajstić information content (AvgIpc) is 2.46. The molecule has 2 rings (SSSR count). The number of aryl methyl sites for hydroxylation is 1. The zero-order valence-corrected chi connectivity index (χ0v) is 11.5. The lowest BCUT2D eigenvalue weighted by Crippen LogP contribution is -2.16. The molecule has 0 aliphatic carbocycles. The molecule has 0 atom stereocenters. The van der Waals surface area contributed by atoms with Crippen LogP contribution in [0.1, 0.15) is 22.3 Å². The van der Waals surface area contributed by atoms with Crippen LogP contribution in [0.3, 0.4) is 0 Å². The van der Waals surface area contributed by atoms with E-state index in [0.717, 1.165) is 19.5 Å². The van der Waals surface area contributed by atoms with E-state index < -0.39 is 0 Å². The Morgan fingerprint density at radius 3 is 2.42 bits per heavy atom. The van der Waals surface area contributed by atoms with Crippen LogP contribution in [0.2, 0.25) is 0 Å². The molecule has 0 saturated carbocycles. The number of benzene rings is 2. The van der Waals surface area contributed by atoms with E-state index in [4.69, 9.17) is 5.73 Å². The summed E-state index contributed by atoms with van der Waals surface area (Å²) in [6, 6.07) is 17.2. The van der Waals surface area contributed by atoms with Crippen LogP contribution in [0, 0.1) is 6.92 Å². The normalized spacial score (nSPS) is 10.6. The lowest BCUT2D eigenvalue weighted by Gasteiger charge is -2.07. The van der Waals surface area contributed by atoms with E-state index in [2.05, 4.69) is 60.8 Å². The van der Waals surface area contributed by atoms with Crippen LogP contribution >= 0.6 is 0 Å². The summed E-state index contributed by atoms with van der Waals surface area (Å²) in [6.07, 6.45) is 1.07. The van der Waals surface area contributed by atoms with Crippen LogP contribution < -0.4 is 11.1 Å². The second kappa shape index (κ2) is 7.07. The van der Waals surface area contributed by atoms with Gasteiger partial charge < -0.3 is 11.1 Å². The maximum atomic E-state index is 5.64. The van der Waals surface area contributed by atoms with Crippen molar-refractivity contribution in [1.82, 2.24) is 5.32 Å². The summed E-state index contributed by atoms with van der Waals surface area (Å²) in [5.41, 5.74) is 10.8. The first-order valence-corrected chi connectivity index (χ1v) is 6.82. The van der Waals surface area contributed by atoms with Gasteiger partial charge in [0.15, 0.2) is 0 Å². The first-order valence-electron chi connectivity index (χ1n) is 6.82. The topological polar surface area (TPSA) is 38.0 Å². The fourth-order valence-corrected chi connectivity index (χ4v) is 2.09. The third kappa shape index (κ3) is 4.51. The van der Waals surface area contributed by atoms with Gasteiger partial charge in [0, 0.05) is 13.1 Å². The molecule has 0 amide bonds. The number of nitrogens with one attached hydrogen (secondary N) is 1. The summed E-state index contributed by atoms with van der Waals surface area (Å²) in [5, 5.41) is 3.48. The molecule has 2 heteroatoms. The van der Waals surface area contributed by atoms with Gasteiger partial charge in [-0.1, -0.05) is 54.1 Å². The van der Waals surface area contributed by atoms with E-state index in [9.17, 15) is 0 Å². The van der Waals surface area contributed by atoms with Gasteiger partial charge in [0.25, 0.3) is 0 Å². The lowest BCUT2D eigenvalue weighted by atomic mass is 10.1. The summed E-state index contributed by atoms with van der Waals surface area (Å²) in [6.45, 7) is 4.62. The van der Waals surface area contributed by atoms with Crippen molar-refractivity contribution in [2.45, 2.75) is 26.4 Å². The van der Waals surface area contributed by atoms with E-state index >= 15 is 0 Å². The van der Waals surface area contributed by atoms with E-state index in [1.54, 1.807) is 0 Å². The Labute approximate surface area is 115 Å². The minimum atomic E-state index is 0.608. The maximum Gasteiger partial charge on any atom is 0.0205 e. The number of hydrogen-bond donors (Lipinski definition) is 2. The molecule has 0 aliphatic heterocycles. The quantitative estimate of drug-likeness (QED) is 0.778. The average molecular weight is 254 g/mol. The Hall–Kier alpha value is -1.64. The molecule has 19 heavy (non-hydrogen) atoms. The molecule has 0 radical (unpaired) electrons. The Morgan fingerprint density at radius 1 is 0.947 bits per heavy atom. The molecular weight excluding hydrogens is 232 g/mol. The van der Waals surface area contributed by atoms with E-state index in [0.29, 0.717) is 6.54 Å². The highest BCUT2D eigenvalue weighted by molar-refractivity contribution is 5.23. The zero-order valence-electron chi connectivity index (χ0n) is 11.5. The minimum Gasteiger partial charge on any atom is -0.326 e. The summed E-state index contributed by atoms with van der Waals surface area (Å²) < 4.78 is 0. The van der Waals surface area contributed by atoms with Crippen molar-refractivity contribution in [3.8, 4) is 0 Å². The van der Waals surface area contributed by atoms with Gasteiger partial charge >= 0.3 is 0 Å². The van der Waals surface area contributed by atoms with Crippen molar-refractivity contribution in [2.24, 2.45) is 5.73 Å². The van der Waals surface area contributed by atoms with Gasteiger partial charge in [-0.15, -0.1) is 0 Å². The van der Waals surface area contributed by atoms with E-state index in [-0.39, 0.29) is 0 Å². The maximum absolute atomic E-state index is 5.64. The summed E-state index contributed by atoms with van der Waals surface area (Å²) in [7, 11) is 0. The molecule has 2 aromatic rings. The SMILES string of the molecule is Cc1ccc(CCNCc2cccc(CN)c2)cc1. The predicted octanol–water partition coefficient (Wildman–Crippen LogP) is 2.79. The van der Waals surface area contributed by atoms with Crippen LogP contribution in [0.5, 0.6) is 0 Å². The highest BCUT2D eigenvalue weighted by atomic mass is 14.8. The molecule has 0 bridgehead atoms. The minimum absolute atomic E-state index is 0.608. The van der Waals surface area contributed by atoms with Crippen molar-refractivity contribution in [3.05, 3.63) is 70.8 Å². The molecule has 100 valence electrons. The molecule has 0 saturated heterocycles. The molecule has 0 aromatic heterocycles. The largest absolute Gasteiger partial charge is 0.326 e. The van der Waals surface area contributed by atoms with Gasteiger partial charge in [-0.3, -0.25) is 0 Å². The van der Waals surface area contributed by atoms with Crippen molar-refractivity contribution in [3.63, 3.8) is 0 Å². The molecule has 0 heterocycles. The van der Waals surface area contributed by atoms with Crippen LogP contribution in [-0.4, -0.2) is 6.54 Å². The highest BCUT2D eigenvalue weighted by Crippen LogP contribution is 2.05. The number of nitrogens with two attached hydrogens (primary N) is 1. The van der Waals surface area contributed by atoms with Crippen LogP contribution in [0.4, 0.5) is 0 Å². The third-order valence-corrected chi connectivity index (χ3v) is 3.27. The molecule has 3 N–H and O–H groups in total. The smallest absolute Gasteiger partial charge is 0.0205 e. The number of rotatable bonds is 6. The van der Waals surface area contributed by atoms with Gasteiger partial charge in [-0.05, 0) is 36.6 Å². The van der Waals surface area contributed by atoms with Crippen LogP contribution in [-0.2, 0) is 19.5 Å². The molecule has 0 unspecified atom stereocenters. The summed E-state index contributed by atoms with van der Waals surface area (Å²) in [5.74, 6) is 0. The second-order valence-corrected chi connectivity index (χ2v) is 4.94. The van der Waals surface area contributed by atoms with Gasteiger partial charge in [0.1, 0.15) is 0 Å². The van der Waals surface area contributed by atoms with Gasteiger partial charge in [-0.2, -0.15) is 0 Å². The van der Waals surface area contributed by atoms with Gasteiger partial charge in [0.2, 0.25) is 0 Å². The summed E-state index contributed by atoms with van der Waals surface area (Å²) >= 11 is 0. The van der Waals surface area contributed by atoms with Gasteiger partial charge in [0.05, 0.1) is 0 Å². The number of hydrogen-bond acceptors (Lipinski definition) is 2. The van der Waals surface area contributed by atoms with Crippen LogP contribution in [0.25, 0.3) is 0 Å². The van der Waals surface area contributed by atoms with E-state index in [1.165, 1.54) is 22.3 Å². The van der Waals surface area contributed by atoms with E-state index in [1.807, 2.05) is 0 Å². The molecule has 0 fully saturated rings. The second-order valence-electron chi connectivity index (χ2n) is 4.94. The highest BCUT2D eigenvalue weighted by Gasteiger charge is 1.96. The molecule has 2 nitrogen and oxygen atoms in total. The Morgan fingerprint density at radius 2 is 1.68 bits per heavy atom. The first-order chi connectivity index (χ1) is 9.28. The van der Waals surface area contributed by atoms with Crippen molar-refractivity contribution < 1.29 is 0 Å². The lowest BCUT2D eigenvalue weighted by molar-refractivity contribution is 0.686. The zero-order chi connectivity index (χ0) is 13.5. The molecular formula is C17H22N2. The first kappa shape index (κ1) is 13.8. The van der Waals surface area contributed by atoms with Crippen LogP contribution in [0.15, 0.2) is 48.5 Å². The van der Waals surface area contributed by atoms with Crippen molar-refractivity contribution in [2.75, 3.05) is 6.54 Å². The molecule has 0 aliphatic rings. The summed E-state index contributed by atoms with van der Waals surface area (Å²) in [4.78, 5) is 0. The fourth-order valence-electron chi connectivity index (χ4n) is 2.09. The fraction of sp³-hybridized carbons (Fsp3) is 0.294. The predicted molar refractivity (Wildman–Crippen MR) is 80.9 cm³/mol. The Balaban J connectivity index is 1.75. The van der Waals surface area contributed by atoms with Gasteiger partial charge in [-0.25, -0.2) is 0 Å². The molecule has 0 spiro atoms. The Kier molecular flexibility index (Phi) is 5.13. The van der Waals surface area contributed by atoms with Crippen molar-refractivity contribution >= 4 is 0 Å². The molecule has 2 aromatic carbocycles. The third-order valence-electron chi connectivity index (χ3n) is 3.27.